The molecular formula is C20H20N2O5. The van der Waals surface area contributed by atoms with Crippen molar-refractivity contribution in [2.45, 2.75) is 26.3 Å². The summed E-state index contributed by atoms with van der Waals surface area (Å²) >= 11 is 0. The summed E-state index contributed by atoms with van der Waals surface area (Å²) in [4.78, 5) is 23.7. The van der Waals surface area contributed by atoms with Crippen molar-refractivity contribution >= 4 is 11.9 Å². The van der Waals surface area contributed by atoms with Crippen molar-refractivity contribution in [2.24, 2.45) is 0 Å². The summed E-state index contributed by atoms with van der Waals surface area (Å²) in [6.45, 7) is 2.11. The van der Waals surface area contributed by atoms with E-state index in [1.165, 1.54) is 11.6 Å². The number of hydrogen-bond donors (Lipinski definition) is 1. The smallest absolute Gasteiger partial charge is 0.374 e. The molecule has 27 heavy (non-hydrogen) atoms. The van der Waals surface area contributed by atoms with Crippen LogP contribution < -0.4 is 5.32 Å². The van der Waals surface area contributed by atoms with E-state index >= 15 is 0 Å². The van der Waals surface area contributed by atoms with E-state index in [0.29, 0.717) is 17.9 Å². The van der Waals surface area contributed by atoms with E-state index in [9.17, 15) is 9.59 Å². The fourth-order valence-electron chi connectivity index (χ4n) is 2.49. The highest BCUT2D eigenvalue weighted by atomic mass is 16.5. The molecule has 0 aliphatic carbocycles. The summed E-state index contributed by atoms with van der Waals surface area (Å²) in [5, 5.41) is 6.60. The number of hydrogen-bond acceptors (Lipinski definition) is 6. The Morgan fingerprint density at radius 3 is 2.67 bits per heavy atom. The molecule has 0 aliphatic rings. The van der Waals surface area contributed by atoms with Gasteiger partial charge in [-0.05, 0) is 37.5 Å². The minimum atomic E-state index is -0.534. The van der Waals surface area contributed by atoms with Crippen molar-refractivity contribution in [3.8, 4) is 0 Å². The monoisotopic (exact) mass is 368 g/mol. The van der Waals surface area contributed by atoms with Gasteiger partial charge in [-0.2, -0.15) is 0 Å². The van der Waals surface area contributed by atoms with Crippen LogP contribution in [0.25, 0.3) is 0 Å². The third kappa shape index (κ3) is 5.07. The number of benzene rings is 1. The van der Waals surface area contributed by atoms with Gasteiger partial charge in [-0.25, -0.2) is 4.79 Å². The number of amides is 1. The van der Waals surface area contributed by atoms with Gasteiger partial charge in [0.05, 0.1) is 18.8 Å². The maximum absolute atomic E-state index is 12.2. The maximum atomic E-state index is 12.2. The van der Waals surface area contributed by atoms with E-state index in [2.05, 4.69) is 10.5 Å². The molecule has 7 nitrogen and oxygen atoms in total. The lowest BCUT2D eigenvalue weighted by molar-refractivity contribution is 0.0488. The third-order valence-electron chi connectivity index (χ3n) is 3.86. The fourth-order valence-corrected chi connectivity index (χ4v) is 2.49. The number of aromatic nitrogens is 1. The maximum Gasteiger partial charge on any atom is 0.374 e. The molecule has 0 radical (unpaired) electrons. The minimum absolute atomic E-state index is 0.101. The molecular weight excluding hydrogens is 348 g/mol. The Morgan fingerprint density at radius 1 is 1.07 bits per heavy atom. The number of esters is 1. The predicted molar refractivity (Wildman–Crippen MR) is 96.2 cm³/mol. The van der Waals surface area contributed by atoms with Crippen LogP contribution in [0, 0.1) is 0 Å². The SMILES string of the molecule is CCOC(=O)c1ccc(CNC(=O)c2cc(CCc3ccccc3)no2)o1. The van der Waals surface area contributed by atoms with Gasteiger partial charge in [0.2, 0.25) is 11.5 Å². The highest BCUT2D eigenvalue weighted by molar-refractivity contribution is 5.91. The van der Waals surface area contributed by atoms with E-state index in [1.807, 2.05) is 30.3 Å². The van der Waals surface area contributed by atoms with Crippen LogP contribution in [0.5, 0.6) is 0 Å². The van der Waals surface area contributed by atoms with Crippen molar-refractivity contribution in [2.75, 3.05) is 6.61 Å². The molecule has 0 bridgehead atoms. The minimum Gasteiger partial charge on any atom is -0.460 e. The van der Waals surface area contributed by atoms with Gasteiger partial charge in [0.15, 0.2) is 0 Å². The van der Waals surface area contributed by atoms with Gasteiger partial charge in [-0.1, -0.05) is 35.5 Å². The average Bonchev–Trinajstić information content (AvgIpc) is 3.35. The summed E-state index contributed by atoms with van der Waals surface area (Å²) < 4.78 is 15.3. The van der Waals surface area contributed by atoms with E-state index in [-0.39, 0.29) is 24.7 Å². The molecule has 0 fully saturated rings. The Labute approximate surface area is 156 Å². The van der Waals surface area contributed by atoms with Crippen LogP contribution in [0.4, 0.5) is 0 Å². The van der Waals surface area contributed by atoms with E-state index in [4.69, 9.17) is 13.7 Å². The summed E-state index contributed by atoms with van der Waals surface area (Å²) in [6, 6.07) is 14.8. The standard InChI is InChI=1S/C20H20N2O5/c1-2-25-20(24)17-11-10-16(26-17)13-21-19(23)18-12-15(22-27-18)9-8-14-6-4-3-5-7-14/h3-7,10-12H,2,8-9,13H2,1H3,(H,21,23). The first-order valence-electron chi connectivity index (χ1n) is 8.69. The number of nitrogens with zero attached hydrogens (tertiary/aromatic N) is 1. The molecule has 0 atom stereocenters. The van der Waals surface area contributed by atoms with Crippen molar-refractivity contribution in [3.05, 3.63) is 77.1 Å². The lowest BCUT2D eigenvalue weighted by atomic mass is 10.1. The second-order valence-corrected chi connectivity index (χ2v) is 5.84. The second-order valence-electron chi connectivity index (χ2n) is 5.84. The number of ether oxygens (including phenoxy) is 1. The molecule has 3 aromatic rings. The highest BCUT2D eigenvalue weighted by Crippen LogP contribution is 2.11. The molecule has 3 rings (SSSR count). The molecule has 0 aliphatic heterocycles. The molecule has 0 saturated heterocycles. The van der Waals surface area contributed by atoms with E-state index in [0.717, 1.165) is 6.42 Å². The van der Waals surface area contributed by atoms with Crippen LogP contribution in [0.3, 0.4) is 0 Å². The lowest BCUT2D eigenvalue weighted by Gasteiger charge is -2.00. The van der Waals surface area contributed by atoms with E-state index < -0.39 is 11.9 Å². The van der Waals surface area contributed by atoms with Gasteiger partial charge in [-0.3, -0.25) is 4.79 Å². The van der Waals surface area contributed by atoms with Crippen LogP contribution >= 0.6 is 0 Å². The first kappa shape index (κ1) is 18.4. The Kier molecular flexibility index (Phi) is 6.04. The zero-order valence-corrected chi connectivity index (χ0v) is 14.9. The molecule has 7 heteroatoms. The Hall–Kier alpha value is -3.35. The quantitative estimate of drug-likeness (QED) is 0.614. The normalized spacial score (nSPS) is 10.6. The predicted octanol–water partition coefficient (Wildman–Crippen LogP) is 3.16. The molecule has 1 N–H and O–H groups in total. The lowest BCUT2D eigenvalue weighted by Crippen LogP contribution is -2.22. The summed E-state index contributed by atoms with van der Waals surface area (Å²) in [6.07, 6.45) is 1.50. The summed E-state index contributed by atoms with van der Waals surface area (Å²) in [7, 11) is 0. The molecule has 0 saturated carbocycles. The molecule has 0 spiro atoms. The number of rotatable bonds is 8. The average molecular weight is 368 g/mol. The highest BCUT2D eigenvalue weighted by Gasteiger charge is 2.15. The fraction of sp³-hybridized carbons (Fsp3) is 0.250. The third-order valence-corrected chi connectivity index (χ3v) is 3.86. The first-order valence-corrected chi connectivity index (χ1v) is 8.69. The van der Waals surface area contributed by atoms with Gasteiger partial charge < -0.3 is 19.0 Å². The molecule has 1 amide bonds. The molecule has 2 heterocycles. The summed E-state index contributed by atoms with van der Waals surface area (Å²) in [5.41, 5.74) is 1.91. The number of nitrogens with one attached hydrogen (secondary N) is 1. The number of carbonyl (C=O) groups is 2. The van der Waals surface area contributed by atoms with Crippen LogP contribution in [0.1, 0.15) is 45.1 Å². The first-order chi connectivity index (χ1) is 13.2. The van der Waals surface area contributed by atoms with E-state index in [1.54, 1.807) is 19.1 Å². The van der Waals surface area contributed by atoms with Gasteiger partial charge in [0.1, 0.15) is 5.76 Å². The number of aryl methyl sites for hydroxylation is 2. The Morgan fingerprint density at radius 2 is 1.89 bits per heavy atom. The molecule has 1 aromatic carbocycles. The van der Waals surface area contributed by atoms with Gasteiger partial charge >= 0.3 is 5.97 Å². The van der Waals surface area contributed by atoms with Gasteiger partial charge in [0.25, 0.3) is 5.91 Å². The number of carbonyl (C=O) groups excluding carboxylic acids is 2. The number of furan rings is 1. The topological polar surface area (TPSA) is 94.6 Å². The van der Waals surface area contributed by atoms with Crippen molar-refractivity contribution < 1.29 is 23.3 Å². The second kappa shape index (κ2) is 8.84. The zero-order chi connectivity index (χ0) is 19.1. The van der Waals surface area contributed by atoms with Crippen LogP contribution in [0.15, 0.2) is 57.5 Å². The van der Waals surface area contributed by atoms with Crippen LogP contribution in [0.2, 0.25) is 0 Å². The van der Waals surface area contributed by atoms with Crippen molar-refractivity contribution in [1.29, 1.82) is 0 Å². The van der Waals surface area contributed by atoms with Crippen LogP contribution in [-0.4, -0.2) is 23.6 Å². The summed E-state index contributed by atoms with van der Waals surface area (Å²) in [5.74, 6) is -0.259. The zero-order valence-electron chi connectivity index (χ0n) is 14.9. The van der Waals surface area contributed by atoms with Crippen molar-refractivity contribution in [3.63, 3.8) is 0 Å². The Balaban J connectivity index is 1.50. The van der Waals surface area contributed by atoms with Gasteiger partial charge in [-0.15, -0.1) is 0 Å². The van der Waals surface area contributed by atoms with Crippen LogP contribution in [-0.2, 0) is 24.1 Å². The molecule has 0 unspecified atom stereocenters. The molecule has 140 valence electrons. The largest absolute Gasteiger partial charge is 0.460 e. The van der Waals surface area contributed by atoms with Gasteiger partial charge in [0, 0.05) is 6.07 Å². The van der Waals surface area contributed by atoms with Crippen molar-refractivity contribution in [1.82, 2.24) is 10.5 Å². The molecule has 2 aromatic heterocycles. The Bertz CT molecular complexity index is 898.